The van der Waals surface area contributed by atoms with Gasteiger partial charge in [-0.3, -0.25) is 4.90 Å². The second kappa shape index (κ2) is 6.15. The van der Waals surface area contributed by atoms with Crippen LogP contribution in [0.1, 0.15) is 25.7 Å². The highest BCUT2D eigenvalue weighted by Gasteiger charge is 2.13. The van der Waals surface area contributed by atoms with Gasteiger partial charge in [0, 0.05) is 23.5 Å². The highest BCUT2D eigenvalue weighted by Crippen LogP contribution is 2.23. The molecule has 2 rings (SSSR count). The first-order chi connectivity index (χ1) is 9.47. The molecule has 0 saturated heterocycles. The van der Waals surface area contributed by atoms with Crippen molar-refractivity contribution < 1.29 is 14.3 Å². The number of hydrogen-bond acceptors (Lipinski definition) is 3. The lowest BCUT2D eigenvalue weighted by Gasteiger charge is -2.17. The lowest BCUT2D eigenvalue weighted by atomic mass is 10.2. The first kappa shape index (κ1) is 14.7. The molecule has 0 aliphatic heterocycles. The summed E-state index contributed by atoms with van der Waals surface area (Å²) in [5, 5.41) is 8.98. The van der Waals surface area contributed by atoms with Crippen LogP contribution < -0.4 is 0 Å². The van der Waals surface area contributed by atoms with Crippen LogP contribution in [0.3, 0.4) is 0 Å². The molecule has 0 unspecified atom stereocenters. The maximum Gasteiger partial charge on any atom is 0.345 e. The minimum absolute atomic E-state index is 0.215. The molecule has 0 spiro atoms. The average molecular weight is 293 g/mol. The lowest BCUT2D eigenvalue weighted by Crippen LogP contribution is -2.18. The standard InChI is InChI=1S/C15H16FNO2S/c1-10-12(7-14(20-10)15(18)19)9-17(2)8-11-5-3-4-6-13(11)16/h3-7H,8-9H2,1-2H3,(H,18,19). The third kappa shape index (κ3) is 3.43. The minimum Gasteiger partial charge on any atom is -0.477 e. The number of benzene rings is 1. The number of carboxylic acid groups (broad SMARTS) is 1. The number of aromatic carboxylic acids is 1. The number of halogens is 1. The van der Waals surface area contributed by atoms with Crippen molar-refractivity contribution in [3.8, 4) is 0 Å². The van der Waals surface area contributed by atoms with E-state index in [-0.39, 0.29) is 5.82 Å². The van der Waals surface area contributed by atoms with E-state index in [2.05, 4.69) is 0 Å². The molecule has 0 bridgehead atoms. The number of hydrogen-bond donors (Lipinski definition) is 1. The quantitative estimate of drug-likeness (QED) is 0.917. The SMILES string of the molecule is Cc1sc(C(=O)O)cc1CN(C)Cc1ccccc1F. The van der Waals surface area contributed by atoms with Gasteiger partial charge in [0.25, 0.3) is 0 Å². The smallest absolute Gasteiger partial charge is 0.345 e. The van der Waals surface area contributed by atoms with Crippen molar-refractivity contribution in [3.05, 3.63) is 57.0 Å². The molecule has 0 saturated carbocycles. The van der Waals surface area contributed by atoms with Crippen molar-refractivity contribution >= 4 is 17.3 Å². The summed E-state index contributed by atoms with van der Waals surface area (Å²) in [6.45, 7) is 3.00. The van der Waals surface area contributed by atoms with Gasteiger partial charge in [0.1, 0.15) is 10.7 Å². The fraction of sp³-hybridized carbons (Fsp3) is 0.267. The molecule has 20 heavy (non-hydrogen) atoms. The van der Waals surface area contributed by atoms with E-state index in [0.29, 0.717) is 23.5 Å². The van der Waals surface area contributed by atoms with Crippen molar-refractivity contribution in [2.45, 2.75) is 20.0 Å². The summed E-state index contributed by atoms with van der Waals surface area (Å²) in [6, 6.07) is 8.38. The maximum atomic E-state index is 13.6. The average Bonchev–Trinajstić information content (AvgIpc) is 2.74. The molecule has 0 radical (unpaired) electrons. The van der Waals surface area contributed by atoms with Gasteiger partial charge in [-0.2, -0.15) is 0 Å². The van der Waals surface area contributed by atoms with Gasteiger partial charge in [0.2, 0.25) is 0 Å². The number of rotatable bonds is 5. The Morgan fingerprint density at radius 2 is 1.95 bits per heavy atom. The Kier molecular flexibility index (Phi) is 4.52. The van der Waals surface area contributed by atoms with Crippen LogP contribution in [0.4, 0.5) is 4.39 Å². The zero-order chi connectivity index (χ0) is 14.7. The Hall–Kier alpha value is -1.72. The van der Waals surface area contributed by atoms with Crippen LogP contribution >= 0.6 is 11.3 Å². The third-order valence-corrected chi connectivity index (χ3v) is 4.15. The molecule has 0 aliphatic carbocycles. The number of nitrogens with zero attached hydrogens (tertiary/aromatic N) is 1. The molecule has 0 atom stereocenters. The van der Waals surface area contributed by atoms with Gasteiger partial charge < -0.3 is 5.11 Å². The van der Waals surface area contributed by atoms with E-state index in [9.17, 15) is 9.18 Å². The summed E-state index contributed by atoms with van der Waals surface area (Å²) in [5.41, 5.74) is 1.62. The molecule has 0 amide bonds. The van der Waals surface area contributed by atoms with Crippen molar-refractivity contribution in [3.63, 3.8) is 0 Å². The Morgan fingerprint density at radius 3 is 2.55 bits per heavy atom. The van der Waals surface area contributed by atoms with Crippen LogP contribution in [0, 0.1) is 12.7 Å². The van der Waals surface area contributed by atoms with Crippen molar-refractivity contribution in [2.24, 2.45) is 0 Å². The summed E-state index contributed by atoms with van der Waals surface area (Å²) in [6.07, 6.45) is 0. The van der Waals surface area contributed by atoms with Gasteiger partial charge >= 0.3 is 5.97 Å². The Balaban J connectivity index is 2.06. The van der Waals surface area contributed by atoms with Gasteiger partial charge in [-0.15, -0.1) is 11.3 Å². The van der Waals surface area contributed by atoms with E-state index in [1.807, 2.05) is 24.9 Å². The Labute approximate surface area is 121 Å². The largest absolute Gasteiger partial charge is 0.477 e. The fourth-order valence-electron chi connectivity index (χ4n) is 2.05. The predicted octanol–water partition coefficient (Wildman–Crippen LogP) is 3.53. The van der Waals surface area contributed by atoms with E-state index in [1.54, 1.807) is 18.2 Å². The van der Waals surface area contributed by atoms with Crippen LogP contribution in [0.5, 0.6) is 0 Å². The van der Waals surface area contributed by atoms with E-state index in [1.165, 1.54) is 17.4 Å². The second-order valence-corrected chi connectivity index (χ2v) is 6.02. The van der Waals surface area contributed by atoms with Crippen molar-refractivity contribution in [1.82, 2.24) is 4.90 Å². The van der Waals surface area contributed by atoms with Gasteiger partial charge in [-0.1, -0.05) is 18.2 Å². The normalized spacial score (nSPS) is 11.0. The molecular weight excluding hydrogens is 277 g/mol. The van der Waals surface area contributed by atoms with Crippen LogP contribution in [-0.4, -0.2) is 23.0 Å². The van der Waals surface area contributed by atoms with Crippen LogP contribution in [-0.2, 0) is 13.1 Å². The number of aryl methyl sites for hydroxylation is 1. The monoisotopic (exact) mass is 293 g/mol. The molecule has 0 aliphatic rings. The number of carbonyl (C=O) groups is 1. The molecule has 1 heterocycles. The first-order valence-electron chi connectivity index (χ1n) is 6.22. The van der Waals surface area contributed by atoms with E-state index in [0.717, 1.165) is 10.4 Å². The Morgan fingerprint density at radius 1 is 1.30 bits per heavy atom. The number of carboxylic acids is 1. The highest BCUT2D eigenvalue weighted by molar-refractivity contribution is 7.14. The molecule has 1 aromatic heterocycles. The highest BCUT2D eigenvalue weighted by atomic mass is 32.1. The van der Waals surface area contributed by atoms with Gasteiger partial charge in [0.05, 0.1) is 0 Å². The molecule has 2 aromatic rings. The van der Waals surface area contributed by atoms with Gasteiger partial charge in [-0.25, -0.2) is 9.18 Å². The minimum atomic E-state index is -0.902. The van der Waals surface area contributed by atoms with Gasteiger partial charge in [-0.05, 0) is 31.7 Å². The lowest BCUT2D eigenvalue weighted by molar-refractivity contribution is 0.0702. The zero-order valence-electron chi connectivity index (χ0n) is 11.4. The van der Waals surface area contributed by atoms with Crippen molar-refractivity contribution in [1.29, 1.82) is 0 Å². The summed E-state index contributed by atoms with van der Waals surface area (Å²) in [7, 11) is 1.89. The molecule has 0 fully saturated rings. The van der Waals surface area contributed by atoms with Crippen LogP contribution in [0.15, 0.2) is 30.3 Å². The van der Waals surface area contributed by atoms with E-state index in [4.69, 9.17) is 5.11 Å². The fourth-order valence-corrected chi connectivity index (χ4v) is 2.92. The summed E-state index contributed by atoms with van der Waals surface area (Å²) >= 11 is 1.27. The molecule has 106 valence electrons. The van der Waals surface area contributed by atoms with Gasteiger partial charge in [0.15, 0.2) is 0 Å². The predicted molar refractivity (Wildman–Crippen MR) is 77.6 cm³/mol. The zero-order valence-corrected chi connectivity index (χ0v) is 12.2. The summed E-state index contributed by atoms with van der Waals surface area (Å²) in [5.74, 6) is -1.12. The molecular formula is C15H16FNO2S. The van der Waals surface area contributed by atoms with Crippen molar-refractivity contribution in [2.75, 3.05) is 7.05 Å². The van der Waals surface area contributed by atoms with E-state index >= 15 is 0 Å². The summed E-state index contributed by atoms with van der Waals surface area (Å²) in [4.78, 5) is 14.2. The third-order valence-electron chi connectivity index (χ3n) is 3.07. The van der Waals surface area contributed by atoms with Crippen LogP contribution in [0.25, 0.3) is 0 Å². The molecule has 5 heteroatoms. The molecule has 3 nitrogen and oxygen atoms in total. The van der Waals surface area contributed by atoms with E-state index < -0.39 is 5.97 Å². The number of thiophene rings is 1. The molecule has 1 N–H and O–H groups in total. The maximum absolute atomic E-state index is 13.6. The topological polar surface area (TPSA) is 40.5 Å². The van der Waals surface area contributed by atoms with Crippen LogP contribution in [0.2, 0.25) is 0 Å². The molecule has 1 aromatic carbocycles. The first-order valence-corrected chi connectivity index (χ1v) is 7.03. The Bertz CT molecular complexity index is 624. The summed E-state index contributed by atoms with van der Waals surface area (Å²) < 4.78 is 13.6. The second-order valence-electron chi connectivity index (χ2n) is 4.76.